The van der Waals surface area contributed by atoms with Crippen LogP contribution in [0.25, 0.3) is 10.9 Å². The molecule has 2 atom stereocenters. The highest BCUT2D eigenvalue weighted by atomic mass is 35.5. The zero-order chi connectivity index (χ0) is 27.9. The molecule has 1 aromatic heterocycles. The Kier molecular flexibility index (Phi) is 7.47. The van der Waals surface area contributed by atoms with Gasteiger partial charge in [0, 0.05) is 41.3 Å². The topological polar surface area (TPSA) is 104 Å². The molecule has 40 heavy (non-hydrogen) atoms. The number of fused-ring (bicyclic) bond motifs is 3. The number of rotatable bonds is 7. The van der Waals surface area contributed by atoms with Crippen LogP contribution >= 0.6 is 11.6 Å². The summed E-state index contributed by atoms with van der Waals surface area (Å²) in [6.45, 7) is 1.93. The van der Waals surface area contributed by atoms with Crippen molar-refractivity contribution >= 4 is 32.5 Å². The van der Waals surface area contributed by atoms with E-state index in [0.29, 0.717) is 55.8 Å². The summed E-state index contributed by atoms with van der Waals surface area (Å²) >= 11 is 6.32. The Hall–Kier alpha value is -3.12. The Bertz CT molecular complexity index is 1600. The Balaban J connectivity index is 1.36. The van der Waals surface area contributed by atoms with E-state index in [1.165, 1.54) is 4.31 Å². The van der Waals surface area contributed by atoms with Crippen molar-refractivity contribution in [2.24, 2.45) is 0 Å². The molecule has 6 rings (SSSR count). The quantitative estimate of drug-likeness (QED) is 0.315. The SMILES string of the molecule is COc1ccc(OC(O)N2CCc3c([nH]c4ccc(Cl)cc34)C2c2ccc(S(=O)(=O)N3CCOCC3)cc2)cc1. The van der Waals surface area contributed by atoms with Crippen LogP contribution in [0.4, 0.5) is 0 Å². The Morgan fingerprint density at radius 2 is 1.70 bits per heavy atom. The second-order valence-corrected chi connectivity index (χ2v) is 12.2. The highest BCUT2D eigenvalue weighted by Gasteiger charge is 2.36. The molecule has 4 aromatic rings. The molecule has 0 spiro atoms. The number of nitrogens with zero attached hydrogens (tertiary/aromatic N) is 2. The van der Waals surface area contributed by atoms with Crippen LogP contribution in [0.15, 0.2) is 71.6 Å². The molecule has 210 valence electrons. The summed E-state index contributed by atoms with van der Waals surface area (Å²) in [4.78, 5) is 5.61. The molecule has 3 aromatic carbocycles. The summed E-state index contributed by atoms with van der Waals surface area (Å²) in [5.41, 5.74) is 3.78. The molecule has 0 bridgehead atoms. The number of hydrogen-bond acceptors (Lipinski definition) is 7. The number of aromatic amines is 1. The van der Waals surface area contributed by atoms with Crippen LogP contribution in [-0.2, 0) is 21.2 Å². The van der Waals surface area contributed by atoms with Crippen LogP contribution < -0.4 is 9.47 Å². The summed E-state index contributed by atoms with van der Waals surface area (Å²) in [6.07, 6.45) is -0.600. The fraction of sp³-hybridized carbons (Fsp3) is 0.310. The first-order chi connectivity index (χ1) is 19.3. The van der Waals surface area contributed by atoms with E-state index in [9.17, 15) is 13.5 Å². The number of morpholine rings is 1. The lowest BCUT2D eigenvalue weighted by Gasteiger charge is -2.38. The van der Waals surface area contributed by atoms with Crippen LogP contribution in [0.1, 0.15) is 22.9 Å². The predicted molar refractivity (Wildman–Crippen MR) is 151 cm³/mol. The Morgan fingerprint density at radius 1 is 1.00 bits per heavy atom. The summed E-state index contributed by atoms with van der Waals surface area (Å²) in [7, 11) is -2.05. The maximum absolute atomic E-state index is 13.2. The average molecular weight is 584 g/mol. The van der Waals surface area contributed by atoms with Crippen LogP contribution in [-0.4, -0.2) is 74.1 Å². The third-order valence-corrected chi connectivity index (χ3v) is 9.66. The van der Waals surface area contributed by atoms with Crippen molar-refractivity contribution in [3.63, 3.8) is 0 Å². The van der Waals surface area contributed by atoms with E-state index in [0.717, 1.165) is 27.7 Å². The second-order valence-electron chi connectivity index (χ2n) is 9.80. The molecular formula is C29H30ClN3O6S. The number of nitrogens with one attached hydrogen (secondary N) is 1. The molecule has 9 nitrogen and oxygen atoms in total. The summed E-state index contributed by atoms with van der Waals surface area (Å²) < 4.78 is 44.4. The third kappa shape index (κ3) is 5.07. The summed E-state index contributed by atoms with van der Waals surface area (Å²) in [5.74, 6) is 1.18. The number of methoxy groups -OCH3 is 1. The minimum absolute atomic E-state index is 0.221. The largest absolute Gasteiger partial charge is 0.497 e. The first-order valence-corrected chi connectivity index (χ1v) is 14.9. The molecule has 0 amide bonds. The fourth-order valence-corrected chi connectivity index (χ4v) is 7.06. The summed E-state index contributed by atoms with van der Waals surface area (Å²) in [5, 5.41) is 13.0. The second kappa shape index (κ2) is 11.0. The first kappa shape index (κ1) is 27.1. The molecule has 2 aliphatic heterocycles. The van der Waals surface area contributed by atoms with E-state index in [1.54, 1.807) is 55.6 Å². The van der Waals surface area contributed by atoms with E-state index < -0.39 is 22.5 Å². The molecule has 0 saturated carbocycles. The van der Waals surface area contributed by atoms with Crippen molar-refractivity contribution in [2.45, 2.75) is 23.8 Å². The van der Waals surface area contributed by atoms with Gasteiger partial charge in [0.2, 0.25) is 10.0 Å². The molecule has 2 unspecified atom stereocenters. The standard InChI is InChI=1S/C29H30ClN3O6S/c1-37-21-5-7-22(8-6-21)39-29(34)33-13-12-24-25-18-20(30)4-11-26(25)31-27(24)28(33)19-2-9-23(10-3-19)40(35,36)32-14-16-38-17-15-32/h2-11,18,28-29,31,34H,12-17H2,1H3. The highest BCUT2D eigenvalue weighted by Crippen LogP contribution is 2.40. The van der Waals surface area contributed by atoms with E-state index in [1.807, 2.05) is 23.1 Å². The van der Waals surface area contributed by atoms with Gasteiger partial charge in [0.25, 0.3) is 6.41 Å². The number of aliphatic hydroxyl groups excluding tert-OH is 1. The Morgan fingerprint density at radius 3 is 2.40 bits per heavy atom. The fourth-order valence-electron chi connectivity index (χ4n) is 5.48. The predicted octanol–water partition coefficient (Wildman–Crippen LogP) is 4.15. The number of aliphatic hydroxyl groups is 1. The molecular weight excluding hydrogens is 554 g/mol. The Labute approximate surface area is 237 Å². The number of ether oxygens (including phenoxy) is 3. The normalized spacial score (nSPS) is 19.3. The number of hydrogen-bond donors (Lipinski definition) is 2. The van der Waals surface area contributed by atoms with Gasteiger partial charge in [-0.05, 0) is 72.1 Å². The number of H-pyrrole nitrogens is 1. The smallest absolute Gasteiger partial charge is 0.260 e. The molecule has 2 N–H and O–H groups in total. The van der Waals surface area contributed by atoms with Gasteiger partial charge in [0.15, 0.2) is 0 Å². The van der Waals surface area contributed by atoms with E-state index in [4.69, 9.17) is 25.8 Å². The average Bonchev–Trinajstić information content (AvgIpc) is 3.35. The zero-order valence-electron chi connectivity index (χ0n) is 21.9. The van der Waals surface area contributed by atoms with Crippen molar-refractivity contribution < 1.29 is 27.7 Å². The van der Waals surface area contributed by atoms with Crippen LogP contribution in [0, 0.1) is 0 Å². The molecule has 0 aliphatic carbocycles. The molecule has 2 aliphatic rings. The van der Waals surface area contributed by atoms with Crippen LogP contribution in [0.3, 0.4) is 0 Å². The maximum atomic E-state index is 13.2. The van der Waals surface area contributed by atoms with Crippen LogP contribution in [0.2, 0.25) is 5.02 Å². The van der Waals surface area contributed by atoms with Crippen molar-refractivity contribution in [1.82, 2.24) is 14.2 Å². The number of halogens is 1. The van der Waals surface area contributed by atoms with Gasteiger partial charge < -0.3 is 24.3 Å². The van der Waals surface area contributed by atoms with Gasteiger partial charge >= 0.3 is 0 Å². The minimum atomic E-state index is -3.64. The van der Waals surface area contributed by atoms with Crippen molar-refractivity contribution in [3.8, 4) is 11.5 Å². The van der Waals surface area contributed by atoms with Gasteiger partial charge in [-0.3, -0.25) is 0 Å². The van der Waals surface area contributed by atoms with Gasteiger partial charge in [-0.1, -0.05) is 23.7 Å². The van der Waals surface area contributed by atoms with Crippen LogP contribution in [0.5, 0.6) is 11.5 Å². The molecule has 11 heteroatoms. The monoisotopic (exact) mass is 583 g/mol. The van der Waals surface area contributed by atoms with Crippen molar-refractivity contribution in [2.75, 3.05) is 40.0 Å². The van der Waals surface area contributed by atoms with E-state index in [-0.39, 0.29) is 4.90 Å². The third-order valence-electron chi connectivity index (χ3n) is 7.51. The van der Waals surface area contributed by atoms with Gasteiger partial charge in [-0.2, -0.15) is 4.31 Å². The van der Waals surface area contributed by atoms with Crippen molar-refractivity contribution in [3.05, 3.63) is 88.6 Å². The van der Waals surface area contributed by atoms with Gasteiger partial charge in [-0.25, -0.2) is 13.3 Å². The lowest BCUT2D eigenvalue weighted by Crippen LogP contribution is -2.46. The van der Waals surface area contributed by atoms with Crippen molar-refractivity contribution in [1.29, 1.82) is 0 Å². The van der Waals surface area contributed by atoms with Gasteiger partial charge in [0.1, 0.15) is 11.5 Å². The molecule has 0 radical (unpaired) electrons. The number of aromatic nitrogens is 1. The lowest BCUT2D eigenvalue weighted by atomic mass is 9.92. The maximum Gasteiger partial charge on any atom is 0.260 e. The highest BCUT2D eigenvalue weighted by molar-refractivity contribution is 7.89. The molecule has 1 fully saturated rings. The summed E-state index contributed by atoms with van der Waals surface area (Å²) in [6, 6.07) is 19.2. The lowest BCUT2D eigenvalue weighted by molar-refractivity contribution is -0.150. The van der Waals surface area contributed by atoms with Gasteiger partial charge in [-0.15, -0.1) is 0 Å². The number of sulfonamides is 1. The van der Waals surface area contributed by atoms with E-state index in [2.05, 4.69) is 4.98 Å². The van der Waals surface area contributed by atoms with E-state index >= 15 is 0 Å². The zero-order valence-corrected chi connectivity index (χ0v) is 23.5. The molecule has 1 saturated heterocycles. The number of benzene rings is 3. The first-order valence-electron chi connectivity index (χ1n) is 13.1. The molecule has 3 heterocycles. The van der Waals surface area contributed by atoms with Gasteiger partial charge in [0.05, 0.1) is 31.3 Å². The minimum Gasteiger partial charge on any atom is -0.497 e.